The number of rotatable bonds is 9. The molecule has 1 aromatic rings. The Bertz CT molecular complexity index is 629. The van der Waals surface area contributed by atoms with Crippen LogP contribution in [0.4, 0.5) is 0 Å². The predicted molar refractivity (Wildman–Crippen MR) is 86.6 cm³/mol. The fraction of sp³-hybridized carbons (Fsp3) is 0.533. The maximum Gasteiger partial charge on any atom is 0.246 e. The second-order valence-electron chi connectivity index (χ2n) is 4.99. The van der Waals surface area contributed by atoms with Crippen molar-refractivity contribution in [2.45, 2.75) is 13.0 Å². The topological polar surface area (TPSA) is 90.9 Å². The number of sulfone groups is 1. The van der Waals surface area contributed by atoms with E-state index in [-0.39, 0.29) is 12.4 Å². The van der Waals surface area contributed by atoms with Crippen molar-refractivity contribution in [1.29, 1.82) is 0 Å². The summed E-state index contributed by atoms with van der Waals surface area (Å²) in [5, 5.41) is 2.66. The number of nitrogens with one attached hydrogen (secondary N) is 1. The van der Waals surface area contributed by atoms with Crippen molar-refractivity contribution < 1.29 is 27.4 Å². The molecule has 0 aromatic heterocycles. The van der Waals surface area contributed by atoms with Gasteiger partial charge in [0.15, 0.2) is 11.5 Å². The lowest BCUT2D eigenvalue weighted by molar-refractivity contribution is -0.125. The monoisotopic (exact) mass is 345 g/mol. The molecular formula is C15H23NO6S. The zero-order valence-electron chi connectivity index (χ0n) is 13.8. The van der Waals surface area contributed by atoms with E-state index in [0.29, 0.717) is 23.7 Å². The number of methoxy groups -OCH3 is 2. The average molecular weight is 345 g/mol. The van der Waals surface area contributed by atoms with Gasteiger partial charge in [0.1, 0.15) is 16.4 Å². The largest absolute Gasteiger partial charge is 0.493 e. The minimum atomic E-state index is -3.30. The number of hydrogen-bond donors (Lipinski definition) is 1. The Labute approximate surface area is 136 Å². The lowest BCUT2D eigenvalue weighted by atomic mass is 10.1. The van der Waals surface area contributed by atoms with Gasteiger partial charge in [-0.2, -0.15) is 0 Å². The normalized spacial score (nSPS) is 12.5. The second-order valence-corrected chi connectivity index (χ2v) is 7.17. The summed E-state index contributed by atoms with van der Waals surface area (Å²) < 4.78 is 38.8. The standard InChI is InChI=1S/C15H23NO6S/c1-5-22-14-8-11(6-7-13(14)21-3)12(10-23(4,18)19)16-15(17)9-20-2/h6-8,12H,5,9-10H2,1-4H3,(H,16,17). The van der Waals surface area contributed by atoms with E-state index in [1.54, 1.807) is 18.2 Å². The third-order valence-corrected chi connectivity index (χ3v) is 3.91. The molecule has 0 spiro atoms. The SMILES string of the molecule is CCOc1cc(C(CS(C)(=O)=O)NC(=O)COC)ccc1OC. The molecule has 0 aliphatic rings. The van der Waals surface area contributed by atoms with Crippen LogP contribution in [0.15, 0.2) is 18.2 Å². The van der Waals surface area contributed by atoms with Crippen molar-refractivity contribution >= 4 is 15.7 Å². The third kappa shape index (κ3) is 6.45. The molecule has 0 radical (unpaired) electrons. The van der Waals surface area contributed by atoms with Gasteiger partial charge in [0.05, 0.1) is 25.5 Å². The summed E-state index contributed by atoms with van der Waals surface area (Å²) in [6.07, 6.45) is 1.12. The van der Waals surface area contributed by atoms with Gasteiger partial charge < -0.3 is 19.5 Å². The molecule has 0 aliphatic carbocycles. The zero-order chi connectivity index (χ0) is 17.5. The molecule has 0 fully saturated rings. The van der Waals surface area contributed by atoms with E-state index in [1.807, 2.05) is 6.92 Å². The molecular weight excluding hydrogens is 322 g/mol. The van der Waals surface area contributed by atoms with Gasteiger partial charge in [-0.15, -0.1) is 0 Å². The van der Waals surface area contributed by atoms with Crippen molar-refractivity contribution in [3.8, 4) is 11.5 Å². The first-order valence-electron chi connectivity index (χ1n) is 7.07. The Kier molecular flexibility index (Phi) is 7.31. The highest BCUT2D eigenvalue weighted by atomic mass is 32.2. The highest BCUT2D eigenvalue weighted by Gasteiger charge is 2.21. The first-order valence-corrected chi connectivity index (χ1v) is 9.13. The molecule has 1 rings (SSSR count). The Balaban J connectivity index is 3.14. The molecule has 0 aliphatic heterocycles. The van der Waals surface area contributed by atoms with Crippen LogP contribution in [0.2, 0.25) is 0 Å². The van der Waals surface area contributed by atoms with Crippen LogP contribution in [-0.2, 0) is 19.4 Å². The molecule has 1 N–H and O–H groups in total. The second kappa shape index (κ2) is 8.73. The average Bonchev–Trinajstić information content (AvgIpc) is 2.45. The molecule has 1 aromatic carbocycles. The number of ether oxygens (including phenoxy) is 3. The van der Waals surface area contributed by atoms with E-state index < -0.39 is 21.8 Å². The highest BCUT2D eigenvalue weighted by molar-refractivity contribution is 7.90. The summed E-state index contributed by atoms with van der Waals surface area (Å²) in [7, 11) is -0.386. The highest BCUT2D eigenvalue weighted by Crippen LogP contribution is 2.30. The molecule has 0 saturated carbocycles. The summed E-state index contributed by atoms with van der Waals surface area (Å²) in [4.78, 5) is 11.8. The van der Waals surface area contributed by atoms with Crippen LogP contribution in [0, 0.1) is 0 Å². The fourth-order valence-electron chi connectivity index (χ4n) is 2.07. The van der Waals surface area contributed by atoms with Crippen molar-refractivity contribution in [1.82, 2.24) is 5.32 Å². The number of carbonyl (C=O) groups excluding carboxylic acids is 1. The molecule has 8 heteroatoms. The predicted octanol–water partition coefficient (Wildman–Crippen LogP) is 0.942. The molecule has 0 bridgehead atoms. The first-order chi connectivity index (χ1) is 10.8. The van der Waals surface area contributed by atoms with Crippen LogP contribution in [0.3, 0.4) is 0 Å². The van der Waals surface area contributed by atoms with Crippen molar-refractivity contribution in [2.75, 3.05) is 39.4 Å². The van der Waals surface area contributed by atoms with Crippen LogP contribution in [-0.4, -0.2) is 53.8 Å². The number of amides is 1. The third-order valence-electron chi connectivity index (χ3n) is 2.97. The smallest absolute Gasteiger partial charge is 0.246 e. The zero-order valence-corrected chi connectivity index (χ0v) is 14.6. The molecule has 0 heterocycles. The number of benzene rings is 1. The maximum atomic E-state index is 11.8. The molecule has 23 heavy (non-hydrogen) atoms. The quantitative estimate of drug-likeness (QED) is 0.716. The first kappa shape index (κ1) is 19.2. The molecule has 130 valence electrons. The molecule has 7 nitrogen and oxygen atoms in total. The van der Waals surface area contributed by atoms with E-state index >= 15 is 0 Å². The molecule has 1 atom stereocenters. The van der Waals surface area contributed by atoms with E-state index in [1.165, 1.54) is 14.2 Å². The van der Waals surface area contributed by atoms with Crippen molar-refractivity contribution in [3.05, 3.63) is 23.8 Å². The van der Waals surface area contributed by atoms with Gasteiger partial charge in [0.2, 0.25) is 5.91 Å². The lowest BCUT2D eigenvalue weighted by Gasteiger charge is -2.20. The summed E-state index contributed by atoms with van der Waals surface area (Å²) in [6.45, 7) is 2.13. The van der Waals surface area contributed by atoms with Gasteiger partial charge >= 0.3 is 0 Å². The Morgan fingerprint density at radius 1 is 1.26 bits per heavy atom. The van der Waals surface area contributed by atoms with E-state index in [9.17, 15) is 13.2 Å². The minimum Gasteiger partial charge on any atom is -0.493 e. The van der Waals surface area contributed by atoms with E-state index in [2.05, 4.69) is 5.32 Å². The summed E-state index contributed by atoms with van der Waals surface area (Å²) in [5.74, 6) is 0.416. The Morgan fingerprint density at radius 2 is 1.96 bits per heavy atom. The van der Waals surface area contributed by atoms with Gasteiger partial charge in [-0.25, -0.2) is 8.42 Å². The van der Waals surface area contributed by atoms with Crippen LogP contribution in [0.5, 0.6) is 11.5 Å². The molecule has 0 saturated heterocycles. The van der Waals surface area contributed by atoms with Gasteiger partial charge in [-0.1, -0.05) is 6.07 Å². The van der Waals surface area contributed by atoms with Crippen molar-refractivity contribution in [3.63, 3.8) is 0 Å². The van der Waals surface area contributed by atoms with E-state index in [4.69, 9.17) is 14.2 Å². The lowest BCUT2D eigenvalue weighted by Crippen LogP contribution is -2.35. The van der Waals surface area contributed by atoms with Crippen LogP contribution in [0.1, 0.15) is 18.5 Å². The van der Waals surface area contributed by atoms with Gasteiger partial charge in [0, 0.05) is 13.4 Å². The number of hydrogen-bond acceptors (Lipinski definition) is 6. The van der Waals surface area contributed by atoms with Crippen LogP contribution in [0.25, 0.3) is 0 Å². The fourth-order valence-corrected chi connectivity index (χ4v) is 2.95. The molecule has 1 unspecified atom stereocenters. The van der Waals surface area contributed by atoms with Crippen molar-refractivity contribution in [2.24, 2.45) is 0 Å². The van der Waals surface area contributed by atoms with Gasteiger partial charge in [-0.05, 0) is 24.6 Å². The number of carbonyl (C=O) groups is 1. The summed E-state index contributed by atoms with van der Waals surface area (Å²) in [6, 6.07) is 4.35. The van der Waals surface area contributed by atoms with Gasteiger partial charge in [-0.3, -0.25) is 4.79 Å². The maximum absolute atomic E-state index is 11.8. The van der Waals surface area contributed by atoms with E-state index in [0.717, 1.165) is 6.26 Å². The Morgan fingerprint density at radius 3 is 2.48 bits per heavy atom. The molecule has 1 amide bonds. The summed E-state index contributed by atoms with van der Waals surface area (Å²) >= 11 is 0. The van der Waals surface area contributed by atoms with Gasteiger partial charge in [0.25, 0.3) is 0 Å². The minimum absolute atomic E-state index is 0.144. The van der Waals surface area contributed by atoms with Crippen LogP contribution >= 0.6 is 0 Å². The van der Waals surface area contributed by atoms with Crippen LogP contribution < -0.4 is 14.8 Å². The summed E-state index contributed by atoms with van der Waals surface area (Å²) in [5.41, 5.74) is 0.615. The Hall–Kier alpha value is -1.80.